The van der Waals surface area contributed by atoms with Crippen molar-refractivity contribution in [3.63, 3.8) is 0 Å². The Balaban J connectivity index is -0.000000750. The number of nitrogens with zero attached hydrogens (tertiary/aromatic N) is 2. The molecule has 0 aromatic rings. The highest BCUT2D eigenvalue weighted by atomic mass is 16.2. The molecule has 0 aromatic heterocycles. The van der Waals surface area contributed by atoms with Crippen molar-refractivity contribution in [2.75, 3.05) is 26.7 Å². The lowest BCUT2D eigenvalue weighted by Gasteiger charge is -2.25. The molecule has 0 aliphatic rings. The molecule has 0 radical (unpaired) electrons. The Kier molecular flexibility index (Phi) is 41.4. The van der Waals surface area contributed by atoms with Gasteiger partial charge in [0.05, 0.1) is 0 Å². The standard InChI is InChI=1S/C27H54N2O2.4CH4/c1-5-8-9-10-11-12-13-14-15-16-17-18-19-20-21-22-27(31)28(4)24-25-29(23-6-2)26(30)7-3;;;;/h5-25H2,1-4H3;4*1H4. The summed E-state index contributed by atoms with van der Waals surface area (Å²) < 4.78 is 0. The molecular weight excluding hydrogens is 432 g/mol. The van der Waals surface area contributed by atoms with E-state index in [0.717, 1.165) is 25.8 Å². The monoisotopic (exact) mass is 503 g/mol. The lowest BCUT2D eigenvalue weighted by atomic mass is 10.0. The summed E-state index contributed by atoms with van der Waals surface area (Å²) in [6, 6.07) is 0. The molecule has 0 saturated carbocycles. The average Bonchev–Trinajstić information content (AvgIpc) is 2.78. The van der Waals surface area contributed by atoms with Crippen molar-refractivity contribution in [1.29, 1.82) is 0 Å². The van der Waals surface area contributed by atoms with Crippen molar-refractivity contribution in [1.82, 2.24) is 9.80 Å². The van der Waals surface area contributed by atoms with E-state index >= 15 is 0 Å². The zero-order valence-electron chi connectivity index (χ0n) is 21.6. The van der Waals surface area contributed by atoms with Crippen LogP contribution in [0.3, 0.4) is 0 Å². The molecule has 0 heterocycles. The largest absolute Gasteiger partial charge is 0.344 e. The van der Waals surface area contributed by atoms with Gasteiger partial charge in [0.25, 0.3) is 0 Å². The van der Waals surface area contributed by atoms with Gasteiger partial charge >= 0.3 is 0 Å². The van der Waals surface area contributed by atoms with Crippen LogP contribution in [0.2, 0.25) is 0 Å². The number of carbonyl (C=O) groups is 2. The Labute approximate surface area is 224 Å². The summed E-state index contributed by atoms with van der Waals surface area (Å²) >= 11 is 0. The van der Waals surface area contributed by atoms with Gasteiger partial charge in [-0.25, -0.2) is 0 Å². The Morgan fingerprint density at radius 2 is 0.886 bits per heavy atom. The number of rotatable bonds is 22. The molecule has 4 nitrogen and oxygen atoms in total. The van der Waals surface area contributed by atoms with Crippen LogP contribution in [0.15, 0.2) is 0 Å². The molecule has 2 amide bonds. The number of hydrogen-bond donors (Lipinski definition) is 0. The second-order valence-corrected chi connectivity index (χ2v) is 9.25. The predicted molar refractivity (Wildman–Crippen MR) is 161 cm³/mol. The summed E-state index contributed by atoms with van der Waals surface area (Å²) in [6.45, 7) is 8.34. The summed E-state index contributed by atoms with van der Waals surface area (Å²) in [4.78, 5) is 27.9. The van der Waals surface area contributed by atoms with Crippen LogP contribution in [-0.4, -0.2) is 48.3 Å². The number of unbranched alkanes of at least 4 members (excludes halogenated alkanes) is 14. The fraction of sp³-hybridized carbons (Fsp3) is 0.935. The van der Waals surface area contributed by atoms with E-state index in [0.29, 0.717) is 25.9 Å². The van der Waals surface area contributed by atoms with E-state index in [4.69, 9.17) is 0 Å². The molecule has 0 fully saturated rings. The van der Waals surface area contributed by atoms with Gasteiger partial charge in [0, 0.05) is 39.5 Å². The van der Waals surface area contributed by atoms with Gasteiger partial charge in [-0.3, -0.25) is 9.59 Å². The van der Waals surface area contributed by atoms with Gasteiger partial charge in [0.15, 0.2) is 0 Å². The topological polar surface area (TPSA) is 40.6 Å². The minimum atomic E-state index is 0. The van der Waals surface area contributed by atoms with Gasteiger partial charge in [-0.2, -0.15) is 0 Å². The molecule has 0 aliphatic carbocycles. The first kappa shape index (κ1) is 44.0. The average molecular weight is 503 g/mol. The van der Waals surface area contributed by atoms with Gasteiger partial charge in [0.2, 0.25) is 11.8 Å². The summed E-state index contributed by atoms with van der Waals surface area (Å²) in [6.07, 6.45) is 22.3. The van der Waals surface area contributed by atoms with E-state index in [2.05, 4.69) is 13.8 Å². The van der Waals surface area contributed by atoms with E-state index in [1.54, 1.807) is 4.90 Å². The van der Waals surface area contributed by atoms with Crippen LogP contribution in [0.25, 0.3) is 0 Å². The zero-order valence-corrected chi connectivity index (χ0v) is 21.6. The number of carbonyl (C=O) groups excluding carboxylic acids is 2. The van der Waals surface area contributed by atoms with Crippen LogP contribution in [0.4, 0.5) is 0 Å². The van der Waals surface area contributed by atoms with Crippen molar-refractivity contribution in [3.8, 4) is 0 Å². The van der Waals surface area contributed by atoms with E-state index in [9.17, 15) is 9.59 Å². The Morgan fingerprint density at radius 3 is 1.26 bits per heavy atom. The van der Waals surface area contributed by atoms with Crippen molar-refractivity contribution in [2.24, 2.45) is 0 Å². The third-order valence-corrected chi connectivity index (χ3v) is 6.27. The van der Waals surface area contributed by atoms with Crippen LogP contribution in [0.5, 0.6) is 0 Å². The van der Waals surface area contributed by atoms with Crippen LogP contribution >= 0.6 is 0 Å². The SMILES string of the molecule is C.C.C.C.CCCCCCCCCCCCCCCCCC(=O)N(C)CCN(CCC)C(=O)CC. The first-order valence-corrected chi connectivity index (χ1v) is 13.6. The van der Waals surface area contributed by atoms with E-state index in [-0.39, 0.29) is 41.5 Å². The fourth-order valence-electron chi connectivity index (χ4n) is 4.09. The minimum Gasteiger partial charge on any atom is -0.344 e. The summed E-state index contributed by atoms with van der Waals surface area (Å²) in [5.41, 5.74) is 0. The Morgan fingerprint density at radius 1 is 0.486 bits per heavy atom. The van der Waals surface area contributed by atoms with Crippen LogP contribution in [-0.2, 0) is 9.59 Å². The highest BCUT2D eigenvalue weighted by Crippen LogP contribution is 2.14. The maximum absolute atomic E-state index is 12.3. The molecule has 0 rings (SSSR count). The second kappa shape index (κ2) is 32.9. The zero-order chi connectivity index (χ0) is 23.2. The quantitative estimate of drug-likeness (QED) is 0.138. The highest BCUT2D eigenvalue weighted by Gasteiger charge is 2.13. The van der Waals surface area contributed by atoms with Crippen LogP contribution in [0.1, 0.15) is 166 Å². The minimum absolute atomic E-state index is 0. The smallest absolute Gasteiger partial charge is 0.222 e. The van der Waals surface area contributed by atoms with Crippen molar-refractivity contribution < 1.29 is 9.59 Å². The van der Waals surface area contributed by atoms with Crippen molar-refractivity contribution in [2.45, 2.75) is 166 Å². The molecule has 35 heavy (non-hydrogen) atoms. The molecule has 0 aliphatic heterocycles. The molecule has 0 aromatic carbocycles. The normalized spacial score (nSPS) is 9.71. The molecule has 0 unspecified atom stereocenters. The highest BCUT2D eigenvalue weighted by molar-refractivity contribution is 5.77. The summed E-state index contributed by atoms with van der Waals surface area (Å²) in [5, 5.41) is 0. The lowest BCUT2D eigenvalue weighted by molar-refractivity contribution is -0.134. The number of hydrogen-bond acceptors (Lipinski definition) is 2. The molecule has 0 bridgehead atoms. The first-order valence-electron chi connectivity index (χ1n) is 13.6. The Hall–Kier alpha value is -1.06. The third kappa shape index (κ3) is 27.4. The molecular formula is C31H70N2O2. The van der Waals surface area contributed by atoms with Gasteiger partial charge in [-0.15, -0.1) is 0 Å². The fourth-order valence-corrected chi connectivity index (χ4v) is 4.09. The van der Waals surface area contributed by atoms with Gasteiger partial charge in [0.1, 0.15) is 0 Å². The third-order valence-electron chi connectivity index (χ3n) is 6.27. The number of amides is 2. The van der Waals surface area contributed by atoms with Gasteiger partial charge < -0.3 is 9.80 Å². The molecule has 0 N–H and O–H groups in total. The van der Waals surface area contributed by atoms with Gasteiger partial charge in [-0.1, -0.05) is 140 Å². The van der Waals surface area contributed by atoms with Crippen LogP contribution < -0.4 is 0 Å². The molecule has 216 valence electrons. The molecule has 4 heteroatoms. The molecule has 0 atom stereocenters. The van der Waals surface area contributed by atoms with Crippen molar-refractivity contribution in [3.05, 3.63) is 0 Å². The lowest BCUT2D eigenvalue weighted by Crippen LogP contribution is -2.39. The maximum atomic E-state index is 12.3. The van der Waals surface area contributed by atoms with Gasteiger partial charge in [-0.05, 0) is 12.8 Å². The first-order chi connectivity index (χ1) is 15.1. The molecule has 0 saturated heterocycles. The summed E-state index contributed by atoms with van der Waals surface area (Å²) in [5.74, 6) is 0.403. The predicted octanol–water partition coefficient (Wildman–Crippen LogP) is 9.90. The van der Waals surface area contributed by atoms with E-state index in [1.807, 2.05) is 18.9 Å². The maximum Gasteiger partial charge on any atom is 0.222 e. The second-order valence-electron chi connectivity index (χ2n) is 9.25. The molecule has 0 spiro atoms. The van der Waals surface area contributed by atoms with E-state index < -0.39 is 0 Å². The van der Waals surface area contributed by atoms with E-state index in [1.165, 1.54) is 83.5 Å². The van der Waals surface area contributed by atoms with Crippen molar-refractivity contribution >= 4 is 11.8 Å². The Bertz CT molecular complexity index is 426. The van der Waals surface area contributed by atoms with Crippen LogP contribution in [0, 0.1) is 0 Å². The summed E-state index contributed by atoms with van der Waals surface area (Å²) in [7, 11) is 1.87. The number of likely N-dealkylation sites (N-methyl/N-ethyl adjacent to an activating group) is 1.